The van der Waals surface area contributed by atoms with Crippen molar-refractivity contribution < 1.29 is 0 Å². The third-order valence-corrected chi connectivity index (χ3v) is 19.8. The second kappa shape index (κ2) is 18.7. The van der Waals surface area contributed by atoms with Crippen LogP contribution < -0.4 is 20.2 Å². The Morgan fingerprint density at radius 2 is 0.500 bits per heavy atom. The molecule has 0 heterocycles. The second-order valence-electron chi connectivity index (χ2n) is 22.7. The molecule has 13 aromatic rings. The molecule has 0 amide bonds. The van der Waals surface area contributed by atoms with Gasteiger partial charge in [0.25, 0.3) is 0 Å². The summed E-state index contributed by atoms with van der Waals surface area (Å²) in [6.45, 7) is 14.5. The summed E-state index contributed by atoms with van der Waals surface area (Å²) in [6, 6.07) is 96.0. The molecule has 0 aliphatic carbocycles. The Morgan fingerprint density at radius 3 is 0.842 bits per heavy atom. The fourth-order valence-corrected chi connectivity index (χ4v) is 13.9. The first-order valence-corrected chi connectivity index (χ1v) is 33.7. The highest BCUT2D eigenvalue weighted by atomic mass is 28.3. The van der Waals surface area contributed by atoms with Crippen LogP contribution in [0.3, 0.4) is 0 Å². The molecule has 0 N–H and O–H groups in total. The topological polar surface area (TPSA) is 6.48 Å². The summed E-state index contributed by atoms with van der Waals surface area (Å²) in [5.41, 5.74) is 11.5. The number of hydrogen-bond donors (Lipinski definition) is 0. The van der Waals surface area contributed by atoms with Crippen molar-refractivity contribution in [3.05, 3.63) is 255 Å². The van der Waals surface area contributed by atoms with Crippen LogP contribution in [0.25, 0.3) is 86.9 Å². The summed E-state index contributed by atoms with van der Waals surface area (Å²) in [5.74, 6) is 0. The molecule has 0 aliphatic rings. The molecule has 0 unspecified atom stereocenters. The highest BCUT2D eigenvalue weighted by Crippen LogP contribution is 2.49. The quantitative estimate of drug-likeness (QED) is 0.0995. The Morgan fingerprint density at radius 1 is 0.224 bits per heavy atom. The average molecular weight is 1010 g/mol. The van der Waals surface area contributed by atoms with Crippen molar-refractivity contribution in [3.8, 4) is 22.3 Å². The molecule has 76 heavy (non-hydrogen) atoms. The molecule has 4 heteroatoms. The van der Waals surface area contributed by atoms with E-state index in [9.17, 15) is 0 Å². The molecule has 13 rings (SSSR count). The zero-order valence-corrected chi connectivity index (χ0v) is 46.1. The molecule has 0 spiro atoms. The normalized spacial score (nSPS) is 12.1. The standard InChI is InChI=1S/C72H60N2Si2/c1-75(2,3)65-37-31-59(32-38-65)73(61-29-27-51-17-9-13-21-55(51)45-61)63-35-41-67-69(47-63)71(57-25-23-49-15-7-11-19-53(49)43-57)68-42-36-64(48-70(68)72(67)58-26-24-50-16-8-12-20-54(50)44-58)74(60-33-39-66(40-34-60)76(4,5)6)62-30-28-52-18-10-14-22-56(52)46-62/h7-48H,1-6H3. The van der Waals surface area contributed by atoms with Crippen molar-refractivity contribution in [1.29, 1.82) is 0 Å². The van der Waals surface area contributed by atoms with Gasteiger partial charge in [0.2, 0.25) is 0 Å². The van der Waals surface area contributed by atoms with Gasteiger partial charge in [0.05, 0.1) is 16.1 Å². The van der Waals surface area contributed by atoms with Crippen molar-refractivity contribution in [3.63, 3.8) is 0 Å². The molecule has 0 fully saturated rings. The van der Waals surface area contributed by atoms with Crippen molar-refractivity contribution in [2.45, 2.75) is 39.3 Å². The SMILES string of the molecule is C[Si](C)(C)c1ccc(N(c2ccc3ccccc3c2)c2ccc3c(-c4ccc5ccccc5c4)c4cc(N(c5ccc([Si](C)(C)C)cc5)c5ccc6ccccc6c5)ccc4c(-c4ccc5ccccc5c4)c3c2)cc1. The predicted molar refractivity (Wildman–Crippen MR) is 338 cm³/mol. The maximum atomic E-state index is 2.47. The molecule has 0 saturated carbocycles. The number of anilines is 6. The fraction of sp³-hybridized carbons (Fsp3) is 0.0833. The minimum Gasteiger partial charge on any atom is -0.310 e. The van der Waals surface area contributed by atoms with Crippen molar-refractivity contribution in [2.24, 2.45) is 0 Å². The van der Waals surface area contributed by atoms with E-state index in [0.717, 1.165) is 34.1 Å². The van der Waals surface area contributed by atoms with E-state index < -0.39 is 16.1 Å². The zero-order chi connectivity index (χ0) is 51.7. The first kappa shape index (κ1) is 47.2. The molecular formula is C72H60N2Si2. The lowest BCUT2D eigenvalue weighted by Crippen LogP contribution is -2.37. The number of benzene rings is 13. The summed E-state index contributed by atoms with van der Waals surface area (Å²) in [6.07, 6.45) is 0. The van der Waals surface area contributed by atoms with Crippen LogP contribution in [-0.2, 0) is 0 Å². The van der Waals surface area contributed by atoms with Crippen LogP contribution in [0, 0.1) is 0 Å². The van der Waals surface area contributed by atoms with Gasteiger partial charge < -0.3 is 9.80 Å². The molecule has 366 valence electrons. The lowest BCUT2D eigenvalue weighted by molar-refractivity contribution is 1.29. The van der Waals surface area contributed by atoms with Gasteiger partial charge >= 0.3 is 0 Å². The summed E-state index contributed by atoms with van der Waals surface area (Å²) in [4.78, 5) is 4.92. The largest absolute Gasteiger partial charge is 0.310 e. The fourth-order valence-electron chi connectivity index (χ4n) is 11.5. The Labute approximate surface area is 448 Å². The minimum absolute atomic E-state index is 1.11. The third-order valence-electron chi connectivity index (χ3n) is 15.6. The van der Waals surface area contributed by atoms with Gasteiger partial charge in [-0.1, -0.05) is 220 Å². The Balaban J connectivity index is 1.12. The number of nitrogens with zero attached hydrogens (tertiary/aromatic N) is 2. The van der Waals surface area contributed by atoms with Gasteiger partial charge in [-0.25, -0.2) is 0 Å². The first-order valence-electron chi connectivity index (χ1n) is 26.7. The lowest BCUT2D eigenvalue weighted by atomic mass is 9.84. The zero-order valence-electron chi connectivity index (χ0n) is 44.1. The molecule has 13 aromatic carbocycles. The maximum Gasteiger partial charge on any atom is 0.0775 e. The second-order valence-corrected chi connectivity index (χ2v) is 32.8. The van der Waals surface area contributed by atoms with Gasteiger partial charge in [0.15, 0.2) is 0 Å². The van der Waals surface area contributed by atoms with E-state index in [2.05, 4.69) is 304 Å². The van der Waals surface area contributed by atoms with Gasteiger partial charge in [0.1, 0.15) is 0 Å². The van der Waals surface area contributed by atoms with E-state index in [1.165, 1.54) is 97.3 Å². The number of rotatable bonds is 10. The summed E-state index contributed by atoms with van der Waals surface area (Å²) < 4.78 is 0. The molecule has 0 bridgehead atoms. The van der Waals surface area contributed by atoms with E-state index in [1.807, 2.05) is 0 Å². The van der Waals surface area contributed by atoms with E-state index in [4.69, 9.17) is 0 Å². The van der Waals surface area contributed by atoms with Gasteiger partial charge in [-0.2, -0.15) is 0 Å². The van der Waals surface area contributed by atoms with E-state index in [1.54, 1.807) is 0 Å². The Bertz CT molecular complexity index is 4090. The Hall–Kier alpha value is -8.55. The molecule has 2 nitrogen and oxygen atoms in total. The summed E-state index contributed by atoms with van der Waals surface area (Å²) in [5, 5.41) is 17.5. The number of hydrogen-bond acceptors (Lipinski definition) is 2. The van der Waals surface area contributed by atoms with E-state index in [-0.39, 0.29) is 0 Å². The van der Waals surface area contributed by atoms with Crippen LogP contribution in [0.5, 0.6) is 0 Å². The van der Waals surface area contributed by atoms with Crippen molar-refractivity contribution in [2.75, 3.05) is 9.80 Å². The third kappa shape index (κ3) is 8.63. The molecule has 0 radical (unpaired) electrons. The van der Waals surface area contributed by atoms with Gasteiger partial charge in [0, 0.05) is 34.1 Å². The van der Waals surface area contributed by atoms with Gasteiger partial charge in [-0.05, 0) is 172 Å². The number of fused-ring (bicyclic) bond motifs is 6. The smallest absolute Gasteiger partial charge is 0.0775 e. The van der Waals surface area contributed by atoms with Crippen LogP contribution >= 0.6 is 0 Å². The van der Waals surface area contributed by atoms with Crippen LogP contribution in [0.4, 0.5) is 34.1 Å². The monoisotopic (exact) mass is 1010 g/mol. The molecule has 0 aliphatic heterocycles. The van der Waals surface area contributed by atoms with Crippen molar-refractivity contribution >= 4 is 125 Å². The van der Waals surface area contributed by atoms with E-state index in [0.29, 0.717) is 0 Å². The predicted octanol–water partition coefficient (Wildman–Crippen LogP) is 20.0. The molecule has 0 atom stereocenters. The average Bonchev–Trinajstić information content (AvgIpc) is 3.46. The summed E-state index contributed by atoms with van der Waals surface area (Å²) in [7, 11) is -3.12. The molecule has 0 saturated heterocycles. The van der Waals surface area contributed by atoms with Gasteiger partial charge in [-0.15, -0.1) is 0 Å². The maximum absolute atomic E-state index is 2.47. The van der Waals surface area contributed by atoms with Crippen LogP contribution in [0.1, 0.15) is 0 Å². The van der Waals surface area contributed by atoms with Crippen LogP contribution in [0.2, 0.25) is 39.3 Å². The first-order chi connectivity index (χ1) is 36.9. The van der Waals surface area contributed by atoms with Crippen LogP contribution in [-0.4, -0.2) is 16.1 Å². The Kier molecular flexibility index (Phi) is 11.6. The molecule has 0 aromatic heterocycles. The lowest BCUT2D eigenvalue weighted by Gasteiger charge is -2.29. The molecular weight excluding hydrogens is 949 g/mol. The highest BCUT2D eigenvalue weighted by molar-refractivity contribution is 6.89. The van der Waals surface area contributed by atoms with Crippen LogP contribution in [0.15, 0.2) is 255 Å². The van der Waals surface area contributed by atoms with E-state index >= 15 is 0 Å². The van der Waals surface area contributed by atoms with Crippen molar-refractivity contribution in [1.82, 2.24) is 0 Å². The summed E-state index contributed by atoms with van der Waals surface area (Å²) >= 11 is 0. The highest BCUT2D eigenvalue weighted by Gasteiger charge is 2.25. The minimum atomic E-state index is -1.56. The van der Waals surface area contributed by atoms with Gasteiger partial charge in [-0.3, -0.25) is 0 Å².